The molecule has 0 atom stereocenters. The molecular formula is C24H19N3O. The Morgan fingerprint density at radius 3 is 2.43 bits per heavy atom. The number of hydrogen-bond acceptors (Lipinski definition) is 1. The van der Waals surface area contributed by atoms with Crippen LogP contribution in [0.3, 0.4) is 0 Å². The maximum absolute atomic E-state index is 12.6. The molecule has 0 bridgehead atoms. The number of amides is 1. The lowest BCUT2D eigenvalue weighted by Gasteiger charge is -2.09. The van der Waals surface area contributed by atoms with Crippen molar-refractivity contribution in [3.05, 3.63) is 96.8 Å². The zero-order valence-corrected chi connectivity index (χ0v) is 15.5. The molecule has 0 unspecified atom stereocenters. The van der Waals surface area contributed by atoms with Gasteiger partial charge in [0.15, 0.2) is 0 Å². The van der Waals surface area contributed by atoms with Crippen LogP contribution >= 0.6 is 0 Å². The lowest BCUT2D eigenvalue weighted by Crippen LogP contribution is -2.11. The molecule has 1 amide bonds. The van der Waals surface area contributed by atoms with E-state index in [1.807, 2.05) is 73.9 Å². The summed E-state index contributed by atoms with van der Waals surface area (Å²) in [6.45, 7) is 0. The lowest BCUT2D eigenvalue weighted by atomic mass is 10.1. The first-order valence-electron chi connectivity index (χ1n) is 9.22. The number of nitrogens with zero attached hydrogens (tertiary/aromatic N) is 2. The molecule has 3 aromatic carbocycles. The van der Waals surface area contributed by atoms with Gasteiger partial charge in [0.05, 0.1) is 5.52 Å². The summed E-state index contributed by atoms with van der Waals surface area (Å²) < 4.78 is 4.19. The fourth-order valence-electron chi connectivity index (χ4n) is 3.64. The molecule has 0 aliphatic heterocycles. The highest BCUT2D eigenvalue weighted by Gasteiger charge is 2.09. The molecule has 0 aliphatic carbocycles. The van der Waals surface area contributed by atoms with Crippen molar-refractivity contribution in [1.82, 2.24) is 9.13 Å². The number of carbonyl (C=O) groups is 1. The molecule has 4 heteroatoms. The fraction of sp³-hybridized carbons (Fsp3) is 0.0417. The standard InChI is InChI=1S/C24H19N3O/c1-26-14-12-19-16-20(8-11-22(19)26)25-24(28)18-6-9-21(10-7-18)27-15-13-17-4-2-3-5-23(17)27/h2-16H,1H3,(H,25,28). The van der Waals surface area contributed by atoms with Gasteiger partial charge < -0.3 is 14.5 Å². The van der Waals surface area contributed by atoms with Crippen LogP contribution in [0.4, 0.5) is 5.69 Å². The zero-order chi connectivity index (χ0) is 19.1. The average Bonchev–Trinajstić information content (AvgIpc) is 3.32. The molecule has 0 saturated carbocycles. The van der Waals surface area contributed by atoms with Crippen molar-refractivity contribution in [3.63, 3.8) is 0 Å². The summed E-state index contributed by atoms with van der Waals surface area (Å²) in [6.07, 6.45) is 4.06. The number of anilines is 1. The lowest BCUT2D eigenvalue weighted by molar-refractivity contribution is 0.102. The summed E-state index contributed by atoms with van der Waals surface area (Å²) in [5.74, 6) is -0.112. The number of rotatable bonds is 3. The van der Waals surface area contributed by atoms with E-state index in [2.05, 4.69) is 38.8 Å². The molecule has 5 aromatic rings. The molecule has 4 nitrogen and oxygen atoms in total. The second kappa shape index (κ2) is 6.43. The summed E-state index contributed by atoms with van der Waals surface area (Å²) in [5, 5.41) is 5.29. The van der Waals surface area contributed by atoms with Gasteiger partial charge in [0, 0.05) is 47.3 Å². The number of aryl methyl sites for hydroxylation is 1. The van der Waals surface area contributed by atoms with Crippen molar-refractivity contribution in [2.24, 2.45) is 7.05 Å². The van der Waals surface area contributed by atoms with Gasteiger partial charge >= 0.3 is 0 Å². The van der Waals surface area contributed by atoms with Crippen molar-refractivity contribution >= 4 is 33.4 Å². The largest absolute Gasteiger partial charge is 0.351 e. The molecule has 1 N–H and O–H groups in total. The maximum Gasteiger partial charge on any atom is 0.255 e. The number of aromatic nitrogens is 2. The quantitative estimate of drug-likeness (QED) is 0.458. The summed E-state index contributed by atoms with van der Waals surface area (Å²) >= 11 is 0. The van der Waals surface area contributed by atoms with Gasteiger partial charge in [-0.2, -0.15) is 0 Å². The van der Waals surface area contributed by atoms with E-state index in [1.54, 1.807) is 0 Å². The van der Waals surface area contributed by atoms with Gasteiger partial charge in [0.2, 0.25) is 0 Å². The highest BCUT2D eigenvalue weighted by atomic mass is 16.1. The minimum Gasteiger partial charge on any atom is -0.351 e. The van der Waals surface area contributed by atoms with E-state index < -0.39 is 0 Å². The molecular weight excluding hydrogens is 346 g/mol. The highest BCUT2D eigenvalue weighted by Crippen LogP contribution is 2.22. The summed E-state index contributed by atoms with van der Waals surface area (Å²) in [4.78, 5) is 12.6. The topological polar surface area (TPSA) is 39.0 Å². The third-order valence-corrected chi connectivity index (χ3v) is 5.15. The Morgan fingerprint density at radius 2 is 1.57 bits per heavy atom. The van der Waals surface area contributed by atoms with Gasteiger partial charge in [-0.15, -0.1) is 0 Å². The van der Waals surface area contributed by atoms with Crippen LogP contribution in [-0.4, -0.2) is 15.0 Å². The van der Waals surface area contributed by atoms with Crippen LogP contribution in [0.1, 0.15) is 10.4 Å². The smallest absolute Gasteiger partial charge is 0.255 e. The Bertz CT molecular complexity index is 1310. The van der Waals surface area contributed by atoms with Crippen LogP contribution < -0.4 is 5.32 Å². The van der Waals surface area contributed by atoms with Crippen molar-refractivity contribution in [3.8, 4) is 5.69 Å². The molecule has 0 spiro atoms. The number of benzene rings is 3. The van der Waals surface area contributed by atoms with Gasteiger partial charge in [-0.25, -0.2) is 0 Å². The fourth-order valence-corrected chi connectivity index (χ4v) is 3.64. The first-order chi connectivity index (χ1) is 13.7. The van der Waals surface area contributed by atoms with Crippen LogP contribution in [-0.2, 0) is 7.05 Å². The monoisotopic (exact) mass is 365 g/mol. The van der Waals surface area contributed by atoms with E-state index in [-0.39, 0.29) is 5.91 Å². The van der Waals surface area contributed by atoms with E-state index >= 15 is 0 Å². The molecule has 0 saturated heterocycles. The molecule has 2 aromatic heterocycles. The van der Waals surface area contributed by atoms with Gasteiger partial charge in [0.25, 0.3) is 5.91 Å². The van der Waals surface area contributed by atoms with Gasteiger partial charge in [0.1, 0.15) is 0 Å². The van der Waals surface area contributed by atoms with Gasteiger partial charge in [-0.3, -0.25) is 4.79 Å². The molecule has 0 aliphatic rings. The first-order valence-corrected chi connectivity index (χ1v) is 9.22. The Labute approximate surface area is 162 Å². The molecule has 0 fully saturated rings. The van der Waals surface area contributed by atoms with E-state index in [1.165, 1.54) is 5.39 Å². The average molecular weight is 365 g/mol. The number of para-hydroxylation sites is 1. The number of fused-ring (bicyclic) bond motifs is 2. The van der Waals surface area contributed by atoms with Crippen molar-refractivity contribution < 1.29 is 4.79 Å². The zero-order valence-electron chi connectivity index (χ0n) is 15.5. The van der Waals surface area contributed by atoms with E-state index in [0.717, 1.165) is 27.8 Å². The van der Waals surface area contributed by atoms with Gasteiger partial charge in [-0.05, 0) is 66.0 Å². The number of nitrogens with one attached hydrogen (secondary N) is 1. The van der Waals surface area contributed by atoms with E-state index in [4.69, 9.17) is 0 Å². The SMILES string of the molecule is Cn1ccc2cc(NC(=O)c3ccc(-n4ccc5ccccc54)cc3)ccc21. The summed E-state index contributed by atoms with van der Waals surface area (Å²) in [6, 6.07) is 26.0. The van der Waals surface area contributed by atoms with E-state index in [0.29, 0.717) is 5.56 Å². The second-order valence-corrected chi connectivity index (χ2v) is 6.95. The predicted octanol–water partition coefficient (Wildman–Crippen LogP) is 5.37. The molecule has 0 radical (unpaired) electrons. The number of hydrogen-bond donors (Lipinski definition) is 1. The molecule has 5 rings (SSSR count). The van der Waals surface area contributed by atoms with Crippen LogP contribution in [0.15, 0.2) is 91.3 Å². The predicted molar refractivity (Wildman–Crippen MR) is 114 cm³/mol. The van der Waals surface area contributed by atoms with Crippen LogP contribution in [0, 0.1) is 0 Å². The maximum atomic E-state index is 12.6. The Kier molecular flexibility index (Phi) is 3.76. The molecule has 2 heterocycles. The van der Waals surface area contributed by atoms with E-state index in [9.17, 15) is 4.79 Å². The van der Waals surface area contributed by atoms with Crippen LogP contribution in [0.5, 0.6) is 0 Å². The highest BCUT2D eigenvalue weighted by molar-refractivity contribution is 6.05. The van der Waals surface area contributed by atoms with Crippen molar-refractivity contribution in [2.45, 2.75) is 0 Å². The summed E-state index contributed by atoms with van der Waals surface area (Å²) in [7, 11) is 2.01. The molecule has 28 heavy (non-hydrogen) atoms. The first kappa shape index (κ1) is 16.4. The van der Waals surface area contributed by atoms with Crippen LogP contribution in [0.25, 0.3) is 27.5 Å². The summed E-state index contributed by atoms with van der Waals surface area (Å²) in [5.41, 5.74) is 4.75. The van der Waals surface area contributed by atoms with Crippen molar-refractivity contribution in [1.29, 1.82) is 0 Å². The van der Waals surface area contributed by atoms with Crippen LogP contribution in [0.2, 0.25) is 0 Å². The minimum atomic E-state index is -0.112. The Morgan fingerprint density at radius 1 is 0.786 bits per heavy atom. The number of carbonyl (C=O) groups excluding carboxylic acids is 1. The Hall–Kier alpha value is -3.79. The second-order valence-electron chi connectivity index (χ2n) is 6.95. The Balaban J connectivity index is 1.39. The van der Waals surface area contributed by atoms with Gasteiger partial charge in [-0.1, -0.05) is 18.2 Å². The minimum absolute atomic E-state index is 0.112. The third-order valence-electron chi connectivity index (χ3n) is 5.15. The molecule has 136 valence electrons. The van der Waals surface area contributed by atoms with Crippen molar-refractivity contribution in [2.75, 3.05) is 5.32 Å². The normalized spacial score (nSPS) is 11.2. The third kappa shape index (κ3) is 2.76.